The molecule has 0 aromatic carbocycles. The second kappa shape index (κ2) is 5.11. The van der Waals surface area contributed by atoms with Gasteiger partial charge in [-0.05, 0) is 85.9 Å². The van der Waals surface area contributed by atoms with Gasteiger partial charge < -0.3 is 4.84 Å². The third kappa shape index (κ3) is 2.02. The van der Waals surface area contributed by atoms with Crippen molar-refractivity contribution in [1.82, 2.24) is 0 Å². The lowest BCUT2D eigenvalue weighted by Crippen LogP contribution is -2.52. The smallest absolute Gasteiger partial charge is 0.106 e. The highest BCUT2D eigenvalue weighted by Gasteiger charge is 2.56. The summed E-state index contributed by atoms with van der Waals surface area (Å²) in [6.45, 7) is 5.14. The van der Waals surface area contributed by atoms with Crippen LogP contribution in [-0.4, -0.2) is 12.8 Å². The summed E-state index contributed by atoms with van der Waals surface area (Å²) < 4.78 is 0. The summed E-state index contributed by atoms with van der Waals surface area (Å²) in [6, 6.07) is 0. The lowest BCUT2D eigenvalue weighted by atomic mass is 9.45. The van der Waals surface area contributed by atoms with Crippen LogP contribution in [0.5, 0.6) is 0 Å². The summed E-state index contributed by atoms with van der Waals surface area (Å²) >= 11 is 0. The number of oxime groups is 1. The van der Waals surface area contributed by atoms with Crippen LogP contribution in [0, 0.1) is 34.5 Å². The summed E-state index contributed by atoms with van der Waals surface area (Å²) in [4.78, 5) is 5.05. The second-order valence-corrected chi connectivity index (χ2v) is 8.88. The second-order valence-electron chi connectivity index (χ2n) is 8.88. The Balaban J connectivity index is 1.58. The average molecular weight is 301 g/mol. The summed E-state index contributed by atoms with van der Waals surface area (Å²) in [7, 11) is 1.69. The Kier molecular flexibility index (Phi) is 3.43. The maximum atomic E-state index is 5.05. The van der Waals surface area contributed by atoms with E-state index < -0.39 is 0 Å². The molecule has 2 nitrogen and oxygen atoms in total. The first-order chi connectivity index (χ1) is 10.6. The molecule has 4 aliphatic rings. The predicted octanol–water partition coefficient (Wildman–Crippen LogP) is 5.20. The van der Waals surface area contributed by atoms with Crippen molar-refractivity contribution in [3.8, 4) is 0 Å². The molecular formula is C20H31NO. The van der Waals surface area contributed by atoms with Crippen LogP contribution >= 0.6 is 0 Å². The van der Waals surface area contributed by atoms with Crippen molar-refractivity contribution >= 4 is 5.71 Å². The largest absolute Gasteiger partial charge is 0.399 e. The number of nitrogens with zero attached hydrogens (tertiary/aromatic N) is 1. The van der Waals surface area contributed by atoms with Crippen molar-refractivity contribution in [2.75, 3.05) is 7.11 Å². The molecule has 122 valence electrons. The number of hydrogen-bond acceptors (Lipinski definition) is 2. The maximum absolute atomic E-state index is 5.05. The lowest BCUT2D eigenvalue weighted by molar-refractivity contribution is -0.0856. The van der Waals surface area contributed by atoms with Gasteiger partial charge in [-0.2, -0.15) is 0 Å². The fourth-order valence-corrected chi connectivity index (χ4v) is 6.75. The summed E-state index contributed by atoms with van der Waals surface area (Å²) in [5.41, 5.74) is 2.38. The first-order valence-electron chi connectivity index (χ1n) is 9.33. The molecule has 0 bridgehead atoms. The van der Waals surface area contributed by atoms with Gasteiger partial charge in [-0.1, -0.05) is 31.2 Å². The van der Waals surface area contributed by atoms with Gasteiger partial charge in [-0.15, -0.1) is 0 Å². The van der Waals surface area contributed by atoms with Crippen LogP contribution in [0.2, 0.25) is 0 Å². The molecule has 4 aliphatic carbocycles. The zero-order valence-electron chi connectivity index (χ0n) is 14.5. The van der Waals surface area contributed by atoms with Crippen molar-refractivity contribution in [3.05, 3.63) is 12.2 Å². The molecule has 0 aliphatic heterocycles. The Bertz CT molecular complexity index is 510. The van der Waals surface area contributed by atoms with E-state index in [1.165, 1.54) is 50.7 Å². The quantitative estimate of drug-likeness (QED) is 0.482. The van der Waals surface area contributed by atoms with E-state index in [9.17, 15) is 0 Å². The Labute approximate surface area is 135 Å². The highest BCUT2D eigenvalue weighted by Crippen LogP contribution is 2.64. The van der Waals surface area contributed by atoms with Gasteiger partial charge in [0.05, 0.1) is 5.71 Å². The Morgan fingerprint density at radius 1 is 1.14 bits per heavy atom. The van der Waals surface area contributed by atoms with Gasteiger partial charge >= 0.3 is 0 Å². The van der Waals surface area contributed by atoms with Crippen LogP contribution in [0.1, 0.15) is 65.2 Å². The molecule has 0 aromatic heterocycles. The SMILES string of the molecule is CO/N=C1\CCC2(C)C(CCC3C4CC=CC4(C)CCC32)C1. The molecule has 0 heterocycles. The Morgan fingerprint density at radius 2 is 2.00 bits per heavy atom. The van der Waals surface area contributed by atoms with Crippen molar-refractivity contribution in [2.45, 2.75) is 65.2 Å². The molecule has 0 amide bonds. The molecule has 6 unspecified atom stereocenters. The van der Waals surface area contributed by atoms with Crippen LogP contribution in [0.25, 0.3) is 0 Å². The zero-order chi connectivity index (χ0) is 15.4. The highest BCUT2D eigenvalue weighted by molar-refractivity contribution is 5.85. The summed E-state index contributed by atoms with van der Waals surface area (Å²) in [5.74, 6) is 3.69. The molecule has 0 radical (unpaired) electrons. The van der Waals surface area contributed by atoms with Gasteiger partial charge in [0.15, 0.2) is 0 Å². The third-order valence-electron chi connectivity index (χ3n) is 8.05. The topological polar surface area (TPSA) is 21.6 Å². The van der Waals surface area contributed by atoms with Crippen LogP contribution in [0.15, 0.2) is 17.3 Å². The van der Waals surface area contributed by atoms with Crippen LogP contribution in [0.4, 0.5) is 0 Å². The summed E-state index contributed by atoms with van der Waals surface area (Å²) in [6.07, 6.45) is 15.8. The molecule has 3 saturated carbocycles. The molecule has 0 N–H and O–H groups in total. The molecule has 2 heteroatoms. The van der Waals surface area contributed by atoms with E-state index >= 15 is 0 Å². The van der Waals surface area contributed by atoms with Crippen molar-refractivity contribution in [1.29, 1.82) is 0 Å². The van der Waals surface area contributed by atoms with E-state index in [0.717, 1.165) is 30.1 Å². The minimum atomic E-state index is 0.516. The van der Waals surface area contributed by atoms with E-state index in [2.05, 4.69) is 31.2 Å². The van der Waals surface area contributed by atoms with Crippen LogP contribution < -0.4 is 0 Å². The van der Waals surface area contributed by atoms with Crippen molar-refractivity contribution in [3.63, 3.8) is 0 Å². The van der Waals surface area contributed by atoms with Gasteiger partial charge in [0.25, 0.3) is 0 Å². The number of rotatable bonds is 1. The van der Waals surface area contributed by atoms with E-state index in [1.54, 1.807) is 7.11 Å². The monoisotopic (exact) mass is 301 g/mol. The molecule has 6 atom stereocenters. The number of hydrogen-bond donors (Lipinski definition) is 0. The van der Waals surface area contributed by atoms with Crippen molar-refractivity contribution < 1.29 is 4.84 Å². The standard InChI is InChI=1S/C20H31NO/c1-19-10-4-5-17(19)16-7-6-14-13-15(21-22-3)8-12-20(14,2)18(16)9-11-19/h4,10,14,16-18H,5-9,11-13H2,1-3H3/b21-15+. The first-order valence-corrected chi connectivity index (χ1v) is 9.33. The van der Waals surface area contributed by atoms with Gasteiger partial charge in [0, 0.05) is 0 Å². The third-order valence-corrected chi connectivity index (χ3v) is 8.05. The molecule has 0 saturated heterocycles. The van der Waals surface area contributed by atoms with E-state index in [0.29, 0.717) is 10.8 Å². The van der Waals surface area contributed by atoms with Crippen molar-refractivity contribution in [2.24, 2.45) is 39.7 Å². The van der Waals surface area contributed by atoms with Crippen LogP contribution in [0.3, 0.4) is 0 Å². The average Bonchev–Trinajstić information content (AvgIpc) is 2.89. The number of fused-ring (bicyclic) bond motifs is 5. The van der Waals surface area contributed by atoms with E-state index in [-0.39, 0.29) is 0 Å². The molecule has 4 rings (SSSR count). The lowest BCUT2D eigenvalue weighted by Gasteiger charge is -2.59. The predicted molar refractivity (Wildman–Crippen MR) is 90.7 cm³/mol. The highest BCUT2D eigenvalue weighted by atomic mass is 16.6. The zero-order valence-corrected chi connectivity index (χ0v) is 14.5. The normalized spacial score (nSPS) is 52.0. The van der Waals surface area contributed by atoms with Gasteiger partial charge in [-0.25, -0.2) is 0 Å². The Hall–Kier alpha value is -0.790. The minimum absolute atomic E-state index is 0.516. The maximum Gasteiger partial charge on any atom is 0.106 e. The van der Waals surface area contributed by atoms with Gasteiger partial charge in [0.2, 0.25) is 0 Å². The van der Waals surface area contributed by atoms with Gasteiger partial charge in [0.1, 0.15) is 7.11 Å². The Morgan fingerprint density at radius 3 is 2.82 bits per heavy atom. The summed E-state index contributed by atoms with van der Waals surface area (Å²) in [5, 5.41) is 4.28. The fourth-order valence-electron chi connectivity index (χ4n) is 6.75. The molecule has 0 spiro atoms. The molecule has 22 heavy (non-hydrogen) atoms. The molecule has 3 fully saturated rings. The van der Waals surface area contributed by atoms with E-state index in [1.807, 2.05) is 0 Å². The van der Waals surface area contributed by atoms with Crippen LogP contribution in [-0.2, 0) is 4.84 Å². The number of allylic oxidation sites excluding steroid dienone is 2. The molecular weight excluding hydrogens is 270 g/mol. The first kappa shape index (κ1) is 14.8. The van der Waals surface area contributed by atoms with E-state index in [4.69, 9.17) is 4.84 Å². The minimum Gasteiger partial charge on any atom is -0.399 e. The van der Waals surface area contributed by atoms with Gasteiger partial charge in [-0.3, -0.25) is 0 Å². The fraction of sp³-hybridized carbons (Fsp3) is 0.850. The molecule has 0 aromatic rings.